The molecule has 6 nitrogen and oxygen atoms in total. The molecule has 2 heterocycles. The second kappa shape index (κ2) is 7.02. The molecule has 1 aromatic heterocycles. The summed E-state index contributed by atoms with van der Waals surface area (Å²) in [5, 5.41) is 2.96. The number of nitrogens with one attached hydrogen (secondary N) is 1. The van der Waals surface area contributed by atoms with Crippen LogP contribution in [0.2, 0.25) is 5.02 Å². The Labute approximate surface area is 157 Å². The summed E-state index contributed by atoms with van der Waals surface area (Å²) in [5.41, 5.74) is 1.69. The van der Waals surface area contributed by atoms with Crippen LogP contribution in [0.25, 0.3) is 0 Å². The van der Waals surface area contributed by atoms with Crippen LogP contribution in [0.1, 0.15) is 28.8 Å². The molecule has 3 rings (SSSR count). The molecule has 0 fully saturated rings. The van der Waals surface area contributed by atoms with Gasteiger partial charge in [0.15, 0.2) is 0 Å². The molecular weight excluding hydrogens is 443 g/mol. The van der Waals surface area contributed by atoms with E-state index in [4.69, 9.17) is 11.6 Å². The molecule has 24 heavy (non-hydrogen) atoms. The molecular formula is C16H14ClIN4O2. The van der Waals surface area contributed by atoms with Crippen LogP contribution in [0.4, 0.5) is 5.95 Å². The van der Waals surface area contributed by atoms with Gasteiger partial charge in [0.1, 0.15) is 6.54 Å². The quantitative estimate of drug-likeness (QED) is 0.721. The third kappa shape index (κ3) is 3.67. The average Bonchev–Trinajstić information content (AvgIpc) is 2.54. The SMILES string of the molecule is C[C@H]1CN(CC(=O)Nc2ncc(Cl)cn2)C(=O)c2ccc(I)cc21. The molecule has 1 N–H and O–H groups in total. The van der Waals surface area contributed by atoms with Gasteiger partial charge >= 0.3 is 0 Å². The van der Waals surface area contributed by atoms with Crippen molar-refractivity contribution in [2.45, 2.75) is 12.8 Å². The largest absolute Gasteiger partial charge is 0.329 e. The van der Waals surface area contributed by atoms with Gasteiger partial charge in [0.2, 0.25) is 11.9 Å². The molecule has 0 aliphatic carbocycles. The first kappa shape index (κ1) is 17.1. The summed E-state index contributed by atoms with van der Waals surface area (Å²) in [6.45, 7) is 2.51. The lowest BCUT2D eigenvalue weighted by atomic mass is 9.90. The van der Waals surface area contributed by atoms with Crippen LogP contribution in [-0.4, -0.2) is 39.8 Å². The number of rotatable bonds is 3. The Hall–Kier alpha value is -1.74. The molecule has 0 bridgehead atoms. The summed E-state index contributed by atoms with van der Waals surface area (Å²) in [7, 11) is 0. The van der Waals surface area contributed by atoms with Crippen LogP contribution in [0, 0.1) is 3.57 Å². The molecule has 124 valence electrons. The highest BCUT2D eigenvalue weighted by Crippen LogP contribution is 2.29. The Balaban J connectivity index is 1.71. The fourth-order valence-corrected chi connectivity index (χ4v) is 3.28. The van der Waals surface area contributed by atoms with Crippen molar-refractivity contribution in [2.75, 3.05) is 18.4 Å². The highest BCUT2D eigenvalue weighted by Gasteiger charge is 2.30. The molecule has 2 amide bonds. The second-order valence-electron chi connectivity index (χ2n) is 5.59. The van der Waals surface area contributed by atoms with Gasteiger partial charge in [-0.2, -0.15) is 0 Å². The molecule has 0 saturated heterocycles. The minimum atomic E-state index is -0.341. The van der Waals surface area contributed by atoms with E-state index in [0.29, 0.717) is 17.1 Å². The maximum Gasteiger partial charge on any atom is 0.254 e. The van der Waals surface area contributed by atoms with Crippen LogP contribution in [0.5, 0.6) is 0 Å². The summed E-state index contributed by atoms with van der Waals surface area (Å²) in [6, 6.07) is 5.74. The Morgan fingerprint density at radius 3 is 2.83 bits per heavy atom. The van der Waals surface area contributed by atoms with Gasteiger partial charge in [-0.1, -0.05) is 18.5 Å². The van der Waals surface area contributed by atoms with Gasteiger partial charge in [-0.15, -0.1) is 0 Å². The van der Waals surface area contributed by atoms with Crippen molar-refractivity contribution in [1.29, 1.82) is 0 Å². The van der Waals surface area contributed by atoms with Gasteiger partial charge in [0.25, 0.3) is 5.91 Å². The van der Waals surface area contributed by atoms with Crippen LogP contribution in [0.15, 0.2) is 30.6 Å². The lowest BCUT2D eigenvalue weighted by molar-refractivity contribution is -0.117. The minimum absolute atomic E-state index is 0.0411. The zero-order chi connectivity index (χ0) is 17.3. The predicted molar refractivity (Wildman–Crippen MR) is 99.1 cm³/mol. The summed E-state index contributed by atoms with van der Waals surface area (Å²) >= 11 is 7.94. The Bertz CT molecular complexity index is 797. The number of carbonyl (C=O) groups excluding carboxylic acids is 2. The number of nitrogens with zero attached hydrogens (tertiary/aromatic N) is 3. The topological polar surface area (TPSA) is 75.2 Å². The van der Waals surface area contributed by atoms with E-state index in [1.165, 1.54) is 12.4 Å². The molecule has 1 aliphatic heterocycles. The maximum absolute atomic E-state index is 12.6. The first-order valence-corrected chi connectivity index (χ1v) is 8.76. The number of aromatic nitrogens is 2. The molecule has 0 saturated carbocycles. The summed E-state index contributed by atoms with van der Waals surface area (Å²) in [4.78, 5) is 34.1. The third-order valence-corrected chi connectivity index (χ3v) is 4.63. The van der Waals surface area contributed by atoms with Crippen molar-refractivity contribution in [3.8, 4) is 0 Å². The fourth-order valence-electron chi connectivity index (χ4n) is 2.67. The highest BCUT2D eigenvalue weighted by molar-refractivity contribution is 14.1. The zero-order valence-corrected chi connectivity index (χ0v) is 15.7. The van der Waals surface area contributed by atoms with E-state index in [9.17, 15) is 9.59 Å². The number of amides is 2. The van der Waals surface area contributed by atoms with Crippen molar-refractivity contribution >= 4 is 52.0 Å². The van der Waals surface area contributed by atoms with Gasteiger partial charge in [-0.3, -0.25) is 14.9 Å². The van der Waals surface area contributed by atoms with E-state index in [-0.39, 0.29) is 30.2 Å². The van der Waals surface area contributed by atoms with Crippen molar-refractivity contribution < 1.29 is 9.59 Å². The number of halogens is 2. The van der Waals surface area contributed by atoms with Crippen LogP contribution < -0.4 is 5.32 Å². The standard InChI is InChI=1S/C16H14ClIN4O2/c1-9-7-22(15(24)12-3-2-11(18)4-13(9)12)8-14(23)21-16-19-5-10(17)6-20-16/h2-6,9H,7-8H2,1H3,(H,19,20,21,23)/t9-/m0/s1. The van der Waals surface area contributed by atoms with Crippen LogP contribution >= 0.6 is 34.2 Å². The summed E-state index contributed by atoms with van der Waals surface area (Å²) < 4.78 is 1.09. The maximum atomic E-state index is 12.6. The van der Waals surface area contributed by atoms with E-state index in [0.717, 1.165) is 9.13 Å². The second-order valence-corrected chi connectivity index (χ2v) is 7.27. The summed E-state index contributed by atoms with van der Waals surface area (Å²) in [6.07, 6.45) is 2.80. The van der Waals surface area contributed by atoms with E-state index in [1.807, 2.05) is 18.2 Å². The van der Waals surface area contributed by atoms with E-state index in [2.05, 4.69) is 44.8 Å². The summed E-state index contributed by atoms with van der Waals surface area (Å²) in [5.74, 6) is -0.137. The monoisotopic (exact) mass is 456 g/mol. The van der Waals surface area contributed by atoms with Gasteiger partial charge < -0.3 is 4.90 Å². The van der Waals surface area contributed by atoms with Gasteiger partial charge in [-0.05, 0) is 52.3 Å². The van der Waals surface area contributed by atoms with Gasteiger partial charge in [0.05, 0.1) is 17.4 Å². The fraction of sp³-hybridized carbons (Fsp3) is 0.250. The van der Waals surface area contributed by atoms with Crippen molar-refractivity contribution in [3.63, 3.8) is 0 Å². The molecule has 0 radical (unpaired) electrons. The molecule has 8 heteroatoms. The lowest BCUT2D eigenvalue weighted by Crippen LogP contribution is -2.43. The lowest BCUT2D eigenvalue weighted by Gasteiger charge is -2.32. The number of hydrogen-bond acceptors (Lipinski definition) is 4. The van der Waals surface area contributed by atoms with Gasteiger partial charge in [-0.25, -0.2) is 9.97 Å². The van der Waals surface area contributed by atoms with Crippen LogP contribution in [-0.2, 0) is 4.79 Å². The van der Waals surface area contributed by atoms with E-state index < -0.39 is 0 Å². The molecule has 2 aromatic rings. The first-order valence-electron chi connectivity index (χ1n) is 7.30. The highest BCUT2D eigenvalue weighted by atomic mass is 127. The number of hydrogen-bond donors (Lipinski definition) is 1. The van der Waals surface area contributed by atoms with E-state index >= 15 is 0 Å². The minimum Gasteiger partial charge on any atom is -0.329 e. The molecule has 0 spiro atoms. The first-order chi connectivity index (χ1) is 11.4. The van der Waals surface area contributed by atoms with E-state index in [1.54, 1.807) is 4.90 Å². The molecule has 1 aliphatic rings. The number of fused-ring (bicyclic) bond motifs is 1. The predicted octanol–water partition coefficient (Wildman–Crippen LogP) is 2.93. The van der Waals surface area contributed by atoms with Gasteiger partial charge in [0, 0.05) is 15.7 Å². The molecule has 1 atom stereocenters. The van der Waals surface area contributed by atoms with Crippen LogP contribution in [0.3, 0.4) is 0 Å². The molecule has 0 unspecified atom stereocenters. The number of carbonyl (C=O) groups is 2. The smallest absolute Gasteiger partial charge is 0.254 e. The number of benzene rings is 1. The Kier molecular flexibility index (Phi) is 5.00. The normalized spacial score (nSPS) is 16.7. The average molecular weight is 457 g/mol. The Morgan fingerprint density at radius 1 is 1.42 bits per heavy atom. The third-order valence-electron chi connectivity index (χ3n) is 3.76. The number of anilines is 1. The van der Waals surface area contributed by atoms with Crippen molar-refractivity contribution in [1.82, 2.24) is 14.9 Å². The molecule has 1 aromatic carbocycles. The zero-order valence-electron chi connectivity index (χ0n) is 12.8. The van der Waals surface area contributed by atoms with Crippen molar-refractivity contribution in [3.05, 3.63) is 50.3 Å². The Morgan fingerprint density at radius 2 is 2.12 bits per heavy atom. The van der Waals surface area contributed by atoms with Crippen molar-refractivity contribution in [2.24, 2.45) is 0 Å².